The Morgan fingerprint density at radius 3 is 2.00 bits per heavy atom. The van der Waals surface area contributed by atoms with Crippen LogP contribution in [0.25, 0.3) is 0 Å². The predicted octanol–water partition coefficient (Wildman–Crippen LogP) is 3.30. The molecule has 16 heavy (non-hydrogen) atoms. The first-order valence-electron chi connectivity index (χ1n) is 7.43. The maximum atomic E-state index is 3.71. The normalized spacial score (nSPS) is 45.6. The van der Waals surface area contributed by atoms with Gasteiger partial charge < -0.3 is 5.32 Å². The quantitative estimate of drug-likeness (QED) is 0.768. The Hall–Kier alpha value is -0.0400. The molecule has 4 aliphatic carbocycles. The first-order chi connectivity index (χ1) is 7.72. The Labute approximate surface area is 100 Å². The van der Waals surface area contributed by atoms with Gasteiger partial charge in [0.2, 0.25) is 0 Å². The van der Waals surface area contributed by atoms with E-state index in [1.165, 1.54) is 13.1 Å². The van der Waals surface area contributed by atoms with Gasteiger partial charge in [-0.3, -0.25) is 0 Å². The molecule has 0 radical (unpaired) electrons. The van der Waals surface area contributed by atoms with Gasteiger partial charge in [0.1, 0.15) is 0 Å². The fourth-order valence-corrected chi connectivity index (χ4v) is 4.91. The number of hydrogen-bond donors (Lipinski definition) is 1. The minimum absolute atomic E-state index is 0.803. The topological polar surface area (TPSA) is 12.0 Å². The zero-order valence-corrected chi connectivity index (χ0v) is 10.9. The van der Waals surface area contributed by atoms with E-state index in [1.807, 2.05) is 0 Å². The zero-order chi connectivity index (χ0) is 11.1. The Balaban J connectivity index is 1.55. The Morgan fingerprint density at radius 1 is 0.938 bits per heavy atom. The highest BCUT2D eigenvalue weighted by molar-refractivity contribution is 4.98. The minimum Gasteiger partial charge on any atom is -0.316 e. The van der Waals surface area contributed by atoms with Gasteiger partial charge in [-0.25, -0.2) is 0 Å². The lowest BCUT2D eigenvalue weighted by atomic mass is 9.52. The third-order valence-corrected chi connectivity index (χ3v) is 5.35. The van der Waals surface area contributed by atoms with Gasteiger partial charge in [-0.2, -0.15) is 0 Å². The van der Waals surface area contributed by atoms with Gasteiger partial charge in [-0.1, -0.05) is 13.8 Å². The Kier molecular flexibility index (Phi) is 2.99. The van der Waals surface area contributed by atoms with Crippen molar-refractivity contribution in [2.24, 2.45) is 35.5 Å². The van der Waals surface area contributed by atoms with E-state index in [1.54, 1.807) is 32.1 Å². The lowest BCUT2D eigenvalue weighted by Crippen LogP contribution is -2.48. The molecule has 0 aromatic carbocycles. The molecule has 4 rings (SSSR count). The SMILES string of the molecule is CC(C)CNCC1C2CC3CC(C2)CC1C3. The largest absolute Gasteiger partial charge is 0.316 e. The van der Waals surface area contributed by atoms with Gasteiger partial charge in [0, 0.05) is 0 Å². The van der Waals surface area contributed by atoms with Gasteiger partial charge in [-0.15, -0.1) is 0 Å². The highest BCUT2D eigenvalue weighted by atomic mass is 14.9. The monoisotopic (exact) mass is 221 g/mol. The maximum absolute atomic E-state index is 3.71. The zero-order valence-electron chi connectivity index (χ0n) is 10.9. The first-order valence-corrected chi connectivity index (χ1v) is 7.43. The van der Waals surface area contributed by atoms with Crippen molar-refractivity contribution in [3.8, 4) is 0 Å². The summed E-state index contributed by atoms with van der Waals surface area (Å²) in [5.41, 5.74) is 0. The van der Waals surface area contributed by atoms with E-state index >= 15 is 0 Å². The summed E-state index contributed by atoms with van der Waals surface area (Å²) >= 11 is 0. The molecule has 0 amide bonds. The molecule has 0 unspecified atom stereocenters. The molecule has 0 aromatic heterocycles. The lowest BCUT2D eigenvalue weighted by molar-refractivity contribution is -0.0355. The standard InChI is InChI=1S/C15H27N/c1-10(2)8-16-9-15-13-4-11-3-12(6-13)7-14(15)5-11/h10-16H,3-9H2,1-2H3. The number of nitrogens with one attached hydrogen (secondary N) is 1. The van der Waals surface area contributed by atoms with Gasteiger partial charge in [0.05, 0.1) is 0 Å². The van der Waals surface area contributed by atoms with E-state index in [9.17, 15) is 0 Å². The maximum Gasteiger partial charge on any atom is -0.00151 e. The second kappa shape index (κ2) is 4.33. The van der Waals surface area contributed by atoms with Crippen LogP contribution >= 0.6 is 0 Å². The van der Waals surface area contributed by atoms with Crippen molar-refractivity contribution in [1.29, 1.82) is 0 Å². The molecule has 0 heterocycles. The van der Waals surface area contributed by atoms with E-state index < -0.39 is 0 Å². The van der Waals surface area contributed by atoms with Crippen molar-refractivity contribution >= 4 is 0 Å². The Morgan fingerprint density at radius 2 is 1.50 bits per heavy atom. The Bertz CT molecular complexity index is 218. The molecule has 0 saturated heterocycles. The summed E-state index contributed by atoms with van der Waals surface area (Å²) in [6, 6.07) is 0. The lowest BCUT2D eigenvalue weighted by Gasteiger charge is -2.54. The minimum atomic E-state index is 0.803. The van der Waals surface area contributed by atoms with Crippen LogP contribution in [0, 0.1) is 35.5 Å². The van der Waals surface area contributed by atoms with E-state index in [2.05, 4.69) is 19.2 Å². The highest BCUT2D eigenvalue weighted by Crippen LogP contribution is 2.56. The molecule has 4 saturated carbocycles. The smallest absolute Gasteiger partial charge is 0.00151 e. The molecule has 0 atom stereocenters. The molecule has 1 N–H and O–H groups in total. The molecule has 92 valence electrons. The van der Waals surface area contributed by atoms with Crippen molar-refractivity contribution in [3.63, 3.8) is 0 Å². The third kappa shape index (κ3) is 2.03. The average molecular weight is 221 g/mol. The summed E-state index contributed by atoms with van der Waals surface area (Å²) in [6.07, 6.45) is 7.86. The van der Waals surface area contributed by atoms with Crippen LogP contribution in [0.15, 0.2) is 0 Å². The van der Waals surface area contributed by atoms with Crippen LogP contribution < -0.4 is 5.32 Å². The summed E-state index contributed by atoms with van der Waals surface area (Å²) in [7, 11) is 0. The average Bonchev–Trinajstić information content (AvgIpc) is 2.20. The van der Waals surface area contributed by atoms with Crippen molar-refractivity contribution in [1.82, 2.24) is 5.32 Å². The third-order valence-electron chi connectivity index (χ3n) is 5.35. The number of rotatable bonds is 4. The van der Waals surface area contributed by atoms with Crippen molar-refractivity contribution in [3.05, 3.63) is 0 Å². The van der Waals surface area contributed by atoms with Gasteiger partial charge >= 0.3 is 0 Å². The molecular weight excluding hydrogens is 194 g/mol. The molecule has 0 aliphatic heterocycles. The molecule has 0 aromatic rings. The summed E-state index contributed by atoms with van der Waals surface area (Å²) in [4.78, 5) is 0. The fraction of sp³-hybridized carbons (Fsp3) is 1.00. The van der Waals surface area contributed by atoms with E-state index in [4.69, 9.17) is 0 Å². The van der Waals surface area contributed by atoms with Crippen LogP contribution in [0.1, 0.15) is 46.0 Å². The van der Waals surface area contributed by atoms with Crippen molar-refractivity contribution in [2.45, 2.75) is 46.0 Å². The van der Waals surface area contributed by atoms with E-state index in [0.717, 1.165) is 35.5 Å². The summed E-state index contributed by atoms with van der Waals surface area (Å²) < 4.78 is 0. The first kappa shape index (κ1) is 11.1. The molecule has 4 aliphatic rings. The van der Waals surface area contributed by atoms with Crippen LogP contribution in [0.4, 0.5) is 0 Å². The molecular formula is C15H27N. The molecule has 1 nitrogen and oxygen atoms in total. The van der Waals surface area contributed by atoms with Crippen LogP contribution in [0.3, 0.4) is 0 Å². The molecule has 4 bridgehead atoms. The summed E-state index contributed by atoms with van der Waals surface area (Å²) in [6.45, 7) is 7.14. The summed E-state index contributed by atoms with van der Waals surface area (Å²) in [5, 5.41) is 3.71. The van der Waals surface area contributed by atoms with Crippen LogP contribution in [-0.2, 0) is 0 Å². The van der Waals surface area contributed by atoms with Gasteiger partial charge in [0.25, 0.3) is 0 Å². The molecule has 1 heteroatoms. The summed E-state index contributed by atoms with van der Waals surface area (Å²) in [5.74, 6) is 6.28. The van der Waals surface area contributed by atoms with E-state index in [0.29, 0.717) is 0 Å². The van der Waals surface area contributed by atoms with Gasteiger partial charge in [-0.05, 0) is 80.7 Å². The highest BCUT2D eigenvalue weighted by Gasteiger charge is 2.47. The molecule has 0 spiro atoms. The van der Waals surface area contributed by atoms with E-state index in [-0.39, 0.29) is 0 Å². The van der Waals surface area contributed by atoms with Crippen LogP contribution in [-0.4, -0.2) is 13.1 Å². The second-order valence-electron chi connectivity index (χ2n) is 7.15. The predicted molar refractivity (Wildman–Crippen MR) is 68.2 cm³/mol. The van der Waals surface area contributed by atoms with Crippen molar-refractivity contribution < 1.29 is 0 Å². The van der Waals surface area contributed by atoms with Crippen molar-refractivity contribution in [2.75, 3.05) is 13.1 Å². The number of hydrogen-bond acceptors (Lipinski definition) is 1. The second-order valence-corrected chi connectivity index (χ2v) is 7.15. The molecule has 4 fully saturated rings. The van der Waals surface area contributed by atoms with Crippen LogP contribution in [0.2, 0.25) is 0 Å². The van der Waals surface area contributed by atoms with Crippen LogP contribution in [0.5, 0.6) is 0 Å². The fourth-order valence-electron chi connectivity index (χ4n) is 4.91. The van der Waals surface area contributed by atoms with Gasteiger partial charge in [0.15, 0.2) is 0 Å².